The predicted molar refractivity (Wildman–Crippen MR) is 56.8 cm³/mol. The summed E-state index contributed by atoms with van der Waals surface area (Å²) in [6.07, 6.45) is 6.16. The second kappa shape index (κ2) is 4.65. The molecular formula is C11H12N2O3. The van der Waals surface area contributed by atoms with Gasteiger partial charge in [0.15, 0.2) is 0 Å². The molecule has 0 aliphatic heterocycles. The highest BCUT2D eigenvalue weighted by Crippen LogP contribution is 2.28. The van der Waals surface area contributed by atoms with Gasteiger partial charge in [-0.05, 0) is 31.1 Å². The Kier molecular flexibility index (Phi) is 3.05. The van der Waals surface area contributed by atoms with Gasteiger partial charge in [0.05, 0.1) is 6.26 Å². The molecule has 0 aromatic carbocycles. The van der Waals surface area contributed by atoms with Gasteiger partial charge in [-0.25, -0.2) is 0 Å². The molecule has 2 rings (SSSR count). The van der Waals surface area contributed by atoms with E-state index < -0.39 is 0 Å². The SMILES string of the molecule is O=C(/C=C/c1ccco1)NNC(=O)C1CC1. The second-order valence-corrected chi connectivity index (χ2v) is 3.60. The molecule has 1 aliphatic carbocycles. The summed E-state index contributed by atoms with van der Waals surface area (Å²) in [5.74, 6) is 0.156. The maximum atomic E-state index is 11.2. The molecule has 0 unspecified atom stereocenters. The van der Waals surface area contributed by atoms with Crippen LogP contribution in [0.25, 0.3) is 6.08 Å². The van der Waals surface area contributed by atoms with Crippen molar-refractivity contribution in [1.29, 1.82) is 0 Å². The molecular weight excluding hydrogens is 208 g/mol. The molecule has 0 radical (unpaired) electrons. The van der Waals surface area contributed by atoms with Crippen molar-refractivity contribution in [2.45, 2.75) is 12.8 Å². The molecule has 1 fully saturated rings. The number of carbonyl (C=O) groups is 2. The minimum atomic E-state index is -0.384. The highest BCUT2D eigenvalue weighted by atomic mass is 16.3. The van der Waals surface area contributed by atoms with Gasteiger partial charge in [-0.3, -0.25) is 20.4 Å². The summed E-state index contributed by atoms with van der Waals surface area (Å²) in [5, 5.41) is 0. The van der Waals surface area contributed by atoms with E-state index >= 15 is 0 Å². The highest BCUT2D eigenvalue weighted by molar-refractivity contribution is 5.93. The molecule has 5 nitrogen and oxygen atoms in total. The normalized spacial score (nSPS) is 15.0. The van der Waals surface area contributed by atoms with E-state index in [4.69, 9.17) is 4.42 Å². The van der Waals surface area contributed by atoms with E-state index in [9.17, 15) is 9.59 Å². The van der Waals surface area contributed by atoms with Gasteiger partial charge in [0, 0.05) is 12.0 Å². The van der Waals surface area contributed by atoms with Crippen LogP contribution in [-0.2, 0) is 9.59 Å². The standard InChI is InChI=1S/C11H12N2O3/c14-10(6-5-9-2-1-7-16-9)12-13-11(15)8-3-4-8/h1-2,5-8H,3-4H2,(H,12,14)(H,13,15)/b6-5+. The Hall–Kier alpha value is -2.04. The molecule has 2 amide bonds. The molecule has 0 saturated heterocycles. The Morgan fingerprint density at radius 3 is 2.81 bits per heavy atom. The van der Waals surface area contributed by atoms with Crippen LogP contribution >= 0.6 is 0 Å². The van der Waals surface area contributed by atoms with E-state index in [1.165, 1.54) is 18.4 Å². The number of hydrazine groups is 1. The zero-order valence-corrected chi connectivity index (χ0v) is 8.60. The lowest BCUT2D eigenvalue weighted by Gasteiger charge is -2.02. The number of rotatable bonds is 3. The molecule has 1 aliphatic rings. The average molecular weight is 220 g/mol. The van der Waals surface area contributed by atoms with Crippen LogP contribution in [0.15, 0.2) is 28.9 Å². The van der Waals surface area contributed by atoms with Crippen molar-refractivity contribution < 1.29 is 14.0 Å². The maximum absolute atomic E-state index is 11.2. The topological polar surface area (TPSA) is 71.3 Å². The predicted octanol–water partition coefficient (Wildman–Crippen LogP) is 0.850. The number of carbonyl (C=O) groups excluding carboxylic acids is 2. The van der Waals surface area contributed by atoms with E-state index in [-0.39, 0.29) is 17.7 Å². The van der Waals surface area contributed by atoms with Gasteiger partial charge >= 0.3 is 0 Å². The first kappa shape index (κ1) is 10.5. The van der Waals surface area contributed by atoms with Crippen LogP contribution in [0.3, 0.4) is 0 Å². The van der Waals surface area contributed by atoms with Gasteiger partial charge in [0.2, 0.25) is 5.91 Å². The monoisotopic (exact) mass is 220 g/mol. The number of nitrogens with one attached hydrogen (secondary N) is 2. The second-order valence-electron chi connectivity index (χ2n) is 3.60. The van der Waals surface area contributed by atoms with Crippen molar-refractivity contribution >= 4 is 17.9 Å². The van der Waals surface area contributed by atoms with Gasteiger partial charge in [-0.2, -0.15) is 0 Å². The molecule has 1 heterocycles. The minimum absolute atomic E-state index is 0.0781. The largest absolute Gasteiger partial charge is 0.465 e. The van der Waals surface area contributed by atoms with E-state index in [1.54, 1.807) is 12.1 Å². The fourth-order valence-corrected chi connectivity index (χ4v) is 1.16. The third-order valence-corrected chi connectivity index (χ3v) is 2.20. The molecule has 5 heteroatoms. The number of amides is 2. The van der Waals surface area contributed by atoms with Crippen LogP contribution in [0, 0.1) is 5.92 Å². The first-order chi connectivity index (χ1) is 7.75. The fourth-order valence-electron chi connectivity index (χ4n) is 1.16. The van der Waals surface area contributed by atoms with E-state index in [1.807, 2.05) is 0 Å². The molecule has 0 atom stereocenters. The first-order valence-corrected chi connectivity index (χ1v) is 5.07. The van der Waals surface area contributed by atoms with Crippen LogP contribution in [0.1, 0.15) is 18.6 Å². The molecule has 0 spiro atoms. The fraction of sp³-hybridized carbons (Fsp3) is 0.273. The van der Waals surface area contributed by atoms with E-state index in [0.717, 1.165) is 12.8 Å². The Morgan fingerprint density at radius 1 is 1.38 bits per heavy atom. The quantitative estimate of drug-likeness (QED) is 0.586. The molecule has 2 N–H and O–H groups in total. The van der Waals surface area contributed by atoms with Crippen LogP contribution in [0.4, 0.5) is 0 Å². The summed E-state index contributed by atoms with van der Waals surface area (Å²) < 4.78 is 5.00. The lowest BCUT2D eigenvalue weighted by Crippen LogP contribution is -2.41. The Bertz CT molecular complexity index is 405. The lowest BCUT2D eigenvalue weighted by molar-refractivity contribution is -0.127. The summed E-state index contributed by atoms with van der Waals surface area (Å²) in [6, 6.07) is 3.46. The van der Waals surface area contributed by atoms with Crippen molar-refractivity contribution in [3.63, 3.8) is 0 Å². The first-order valence-electron chi connectivity index (χ1n) is 5.07. The summed E-state index contributed by atoms with van der Waals surface area (Å²) in [6.45, 7) is 0. The van der Waals surface area contributed by atoms with Gasteiger partial charge in [-0.15, -0.1) is 0 Å². The van der Waals surface area contributed by atoms with Crippen molar-refractivity contribution in [3.05, 3.63) is 30.2 Å². The highest BCUT2D eigenvalue weighted by Gasteiger charge is 2.29. The zero-order valence-electron chi connectivity index (χ0n) is 8.60. The zero-order chi connectivity index (χ0) is 11.4. The average Bonchev–Trinajstić information content (AvgIpc) is 3.01. The van der Waals surface area contributed by atoms with Crippen LogP contribution < -0.4 is 10.9 Å². The van der Waals surface area contributed by atoms with Crippen LogP contribution in [0.2, 0.25) is 0 Å². The molecule has 16 heavy (non-hydrogen) atoms. The molecule has 1 aromatic heterocycles. The third-order valence-electron chi connectivity index (χ3n) is 2.20. The van der Waals surface area contributed by atoms with Crippen molar-refractivity contribution in [1.82, 2.24) is 10.9 Å². The van der Waals surface area contributed by atoms with Gasteiger partial charge in [-0.1, -0.05) is 0 Å². The number of hydrogen-bond donors (Lipinski definition) is 2. The molecule has 84 valence electrons. The lowest BCUT2D eigenvalue weighted by atomic mass is 10.4. The summed E-state index contributed by atoms with van der Waals surface area (Å²) in [7, 11) is 0. The summed E-state index contributed by atoms with van der Waals surface area (Å²) >= 11 is 0. The molecule has 0 bridgehead atoms. The van der Waals surface area contributed by atoms with Gasteiger partial charge in [0.1, 0.15) is 5.76 Å². The maximum Gasteiger partial charge on any atom is 0.262 e. The van der Waals surface area contributed by atoms with Gasteiger partial charge in [0.25, 0.3) is 5.91 Å². The van der Waals surface area contributed by atoms with Crippen LogP contribution in [-0.4, -0.2) is 11.8 Å². The van der Waals surface area contributed by atoms with Crippen molar-refractivity contribution in [2.24, 2.45) is 5.92 Å². The van der Waals surface area contributed by atoms with E-state index in [2.05, 4.69) is 10.9 Å². The van der Waals surface area contributed by atoms with Crippen molar-refractivity contribution in [3.8, 4) is 0 Å². The third kappa shape index (κ3) is 2.98. The summed E-state index contributed by atoms with van der Waals surface area (Å²) in [5.41, 5.74) is 4.65. The van der Waals surface area contributed by atoms with E-state index in [0.29, 0.717) is 5.76 Å². The number of hydrogen-bond acceptors (Lipinski definition) is 3. The smallest absolute Gasteiger partial charge is 0.262 e. The molecule has 1 aromatic rings. The Balaban J connectivity index is 1.73. The Morgan fingerprint density at radius 2 is 2.19 bits per heavy atom. The summed E-state index contributed by atoms with van der Waals surface area (Å²) in [4.78, 5) is 22.4. The van der Waals surface area contributed by atoms with Crippen LogP contribution in [0.5, 0.6) is 0 Å². The molecule has 1 saturated carbocycles. The minimum Gasteiger partial charge on any atom is -0.465 e. The van der Waals surface area contributed by atoms with Crippen molar-refractivity contribution in [2.75, 3.05) is 0 Å². The van der Waals surface area contributed by atoms with Gasteiger partial charge < -0.3 is 4.42 Å². The Labute approximate surface area is 92.5 Å². The number of furan rings is 1.